The molecule has 0 unspecified atom stereocenters. The Balaban J connectivity index is 1.83. The predicted molar refractivity (Wildman–Crippen MR) is 63.0 cm³/mol. The molecule has 0 amide bonds. The fourth-order valence-corrected chi connectivity index (χ4v) is 2.36. The van der Waals surface area contributed by atoms with Gasteiger partial charge in [-0.05, 0) is 36.0 Å². The van der Waals surface area contributed by atoms with E-state index in [0.29, 0.717) is 18.5 Å². The van der Waals surface area contributed by atoms with Crippen LogP contribution in [0.1, 0.15) is 33.6 Å². The number of carbonyl (C=O) groups is 1. The lowest BCUT2D eigenvalue weighted by Gasteiger charge is -2.04. The van der Waals surface area contributed by atoms with E-state index in [1.54, 1.807) is 10.9 Å². The lowest BCUT2D eigenvalue weighted by molar-refractivity contribution is 0.111. The van der Waals surface area contributed by atoms with Crippen LogP contribution in [0.15, 0.2) is 24.4 Å². The molecule has 0 saturated carbocycles. The Labute approximate surface area is 99.3 Å². The first-order valence-electron chi connectivity index (χ1n) is 5.81. The zero-order valence-corrected chi connectivity index (χ0v) is 9.47. The molecular weight excluding hydrogens is 214 g/mol. The van der Waals surface area contributed by atoms with Crippen LogP contribution >= 0.6 is 0 Å². The zero-order chi connectivity index (χ0) is 11.7. The molecule has 0 radical (unpaired) electrons. The number of nitrogens with zero attached hydrogens (tertiary/aromatic N) is 3. The van der Waals surface area contributed by atoms with Crippen molar-refractivity contribution in [1.82, 2.24) is 15.0 Å². The third kappa shape index (κ3) is 1.98. The molecule has 0 bridgehead atoms. The molecule has 1 heterocycles. The van der Waals surface area contributed by atoms with Gasteiger partial charge in [-0.1, -0.05) is 23.4 Å². The average molecular weight is 227 g/mol. The Morgan fingerprint density at radius 3 is 3.00 bits per heavy atom. The summed E-state index contributed by atoms with van der Waals surface area (Å²) in [4.78, 5) is 10.5. The van der Waals surface area contributed by atoms with Gasteiger partial charge in [-0.2, -0.15) is 0 Å². The monoisotopic (exact) mass is 227 g/mol. The van der Waals surface area contributed by atoms with E-state index in [-0.39, 0.29) is 0 Å². The van der Waals surface area contributed by atoms with Crippen LogP contribution in [-0.4, -0.2) is 21.3 Å². The van der Waals surface area contributed by atoms with Crippen LogP contribution in [0, 0.1) is 0 Å². The molecule has 0 atom stereocenters. The first-order valence-corrected chi connectivity index (χ1v) is 5.81. The Kier molecular flexibility index (Phi) is 2.48. The molecule has 1 aromatic heterocycles. The van der Waals surface area contributed by atoms with Crippen molar-refractivity contribution in [2.24, 2.45) is 0 Å². The summed E-state index contributed by atoms with van der Waals surface area (Å²) in [5.41, 5.74) is 4.53. The number of aryl methyl sites for hydroxylation is 2. The van der Waals surface area contributed by atoms with Crippen LogP contribution in [0.4, 0.5) is 0 Å². The van der Waals surface area contributed by atoms with Gasteiger partial charge in [-0.25, -0.2) is 4.68 Å². The Morgan fingerprint density at radius 2 is 2.18 bits per heavy atom. The first-order chi connectivity index (χ1) is 8.35. The molecule has 0 N–H and O–H groups in total. The van der Waals surface area contributed by atoms with E-state index in [1.165, 1.54) is 36.0 Å². The van der Waals surface area contributed by atoms with E-state index in [4.69, 9.17) is 0 Å². The number of hydrogen-bond acceptors (Lipinski definition) is 3. The molecule has 1 aliphatic rings. The van der Waals surface area contributed by atoms with Gasteiger partial charge in [-0.15, -0.1) is 5.10 Å². The molecular formula is C13H13N3O. The highest BCUT2D eigenvalue weighted by atomic mass is 16.1. The van der Waals surface area contributed by atoms with Gasteiger partial charge in [0.1, 0.15) is 5.69 Å². The topological polar surface area (TPSA) is 47.8 Å². The van der Waals surface area contributed by atoms with Crippen LogP contribution in [0.5, 0.6) is 0 Å². The van der Waals surface area contributed by atoms with Crippen molar-refractivity contribution in [3.8, 4) is 0 Å². The average Bonchev–Trinajstić information content (AvgIpc) is 2.96. The minimum Gasteiger partial charge on any atom is -0.296 e. The number of hydrogen-bond donors (Lipinski definition) is 0. The van der Waals surface area contributed by atoms with Gasteiger partial charge in [-0.3, -0.25) is 4.79 Å². The predicted octanol–water partition coefficient (Wildman–Crippen LogP) is 1.63. The van der Waals surface area contributed by atoms with E-state index in [9.17, 15) is 4.79 Å². The van der Waals surface area contributed by atoms with Crippen LogP contribution in [-0.2, 0) is 19.4 Å². The van der Waals surface area contributed by atoms with Crippen molar-refractivity contribution in [2.45, 2.75) is 25.8 Å². The van der Waals surface area contributed by atoms with Gasteiger partial charge in [0.2, 0.25) is 0 Å². The highest BCUT2D eigenvalue weighted by molar-refractivity contribution is 5.70. The highest BCUT2D eigenvalue weighted by Crippen LogP contribution is 2.23. The molecule has 2 aromatic rings. The largest absolute Gasteiger partial charge is 0.296 e. The van der Waals surface area contributed by atoms with Crippen molar-refractivity contribution in [3.05, 3.63) is 46.8 Å². The number of fused-ring (bicyclic) bond motifs is 1. The molecule has 0 spiro atoms. The molecule has 3 rings (SSSR count). The van der Waals surface area contributed by atoms with Gasteiger partial charge >= 0.3 is 0 Å². The summed E-state index contributed by atoms with van der Waals surface area (Å²) in [5.74, 6) is 0. The van der Waals surface area contributed by atoms with Crippen LogP contribution < -0.4 is 0 Å². The Morgan fingerprint density at radius 1 is 1.29 bits per heavy atom. The zero-order valence-electron chi connectivity index (χ0n) is 9.47. The van der Waals surface area contributed by atoms with Crippen molar-refractivity contribution >= 4 is 6.29 Å². The van der Waals surface area contributed by atoms with Gasteiger partial charge in [0.25, 0.3) is 0 Å². The van der Waals surface area contributed by atoms with Gasteiger partial charge < -0.3 is 0 Å². The summed E-state index contributed by atoms with van der Waals surface area (Å²) in [6.07, 6.45) is 6.03. The van der Waals surface area contributed by atoms with E-state index >= 15 is 0 Å². The fraction of sp³-hybridized carbons (Fsp3) is 0.308. The maximum atomic E-state index is 10.5. The second-order valence-corrected chi connectivity index (χ2v) is 4.42. The molecule has 0 fully saturated rings. The number of rotatable bonds is 3. The van der Waals surface area contributed by atoms with Crippen molar-refractivity contribution in [3.63, 3.8) is 0 Å². The highest BCUT2D eigenvalue weighted by Gasteiger charge is 2.11. The summed E-state index contributed by atoms with van der Waals surface area (Å²) in [6.45, 7) is 0.675. The standard InChI is InChI=1S/C13H13N3O/c17-9-13-8-16(15-14-13)7-10-4-5-11-2-1-3-12(11)6-10/h4-6,8-9H,1-3,7H2. The quantitative estimate of drug-likeness (QED) is 0.749. The number of aldehydes is 1. The van der Waals surface area contributed by atoms with Gasteiger partial charge in [0, 0.05) is 0 Å². The molecule has 1 aliphatic carbocycles. The second-order valence-electron chi connectivity index (χ2n) is 4.42. The third-order valence-corrected chi connectivity index (χ3v) is 3.18. The molecule has 4 nitrogen and oxygen atoms in total. The number of aromatic nitrogens is 3. The lowest BCUT2D eigenvalue weighted by Crippen LogP contribution is -2.01. The van der Waals surface area contributed by atoms with Crippen molar-refractivity contribution < 1.29 is 4.79 Å². The summed E-state index contributed by atoms with van der Waals surface area (Å²) in [5, 5.41) is 7.66. The Bertz CT molecular complexity index is 560. The molecule has 0 aliphatic heterocycles. The number of benzene rings is 1. The van der Waals surface area contributed by atoms with Crippen molar-refractivity contribution in [1.29, 1.82) is 0 Å². The molecule has 0 saturated heterocycles. The van der Waals surface area contributed by atoms with Crippen LogP contribution in [0.3, 0.4) is 0 Å². The molecule has 17 heavy (non-hydrogen) atoms. The maximum absolute atomic E-state index is 10.5. The fourth-order valence-electron chi connectivity index (χ4n) is 2.36. The van der Waals surface area contributed by atoms with Gasteiger partial charge in [0.15, 0.2) is 6.29 Å². The lowest BCUT2D eigenvalue weighted by atomic mass is 10.1. The van der Waals surface area contributed by atoms with E-state index < -0.39 is 0 Å². The van der Waals surface area contributed by atoms with E-state index in [1.807, 2.05) is 0 Å². The second kappa shape index (κ2) is 4.13. The minimum atomic E-state index is 0.381. The molecule has 4 heteroatoms. The van der Waals surface area contributed by atoms with E-state index in [0.717, 1.165) is 0 Å². The molecule has 1 aromatic carbocycles. The van der Waals surface area contributed by atoms with E-state index in [2.05, 4.69) is 28.5 Å². The van der Waals surface area contributed by atoms with Crippen LogP contribution in [0.25, 0.3) is 0 Å². The maximum Gasteiger partial charge on any atom is 0.171 e. The summed E-state index contributed by atoms with van der Waals surface area (Å²) in [7, 11) is 0. The first kappa shape index (κ1) is 10.2. The van der Waals surface area contributed by atoms with Gasteiger partial charge in [0.05, 0.1) is 12.7 Å². The van der Waals surface area contributed by atoms with Crippen molar-refractivity contribution in [2.75, 3.05) is 0 Å². The van der Waals surface area contributed by atoms with Crippen LogP contribution in [0.2, 0.25) is 0 Å². The smallest absolute Gasteiger partial charge is 0.171 e. The summed E-state index contributed by atoms with van der Waals surface area (Å²) in [6, 6.07) is 6.58. The third-order valence-electron chi connectivity index (χ3n) is 3.18. The summed E-state index contributed by atoms with van der Waals surface area (Å²) < 4.78 is 1.69. The Hall–Kier alpha value is -1.97. The minimum absolute atomic E-state index is 0.381. The SMILES string of the molecule is O=Cc1cn(Cc2ccc3c(c2)CCC3)nn1. The molecule has 86 valence electrons. The number of carbonyl (C=O) groups excluding carboxylic acids is 1. The summed E-state index contributed by atoms with van der Waals surface area (Å²) >= 11 is 0. The normalized spacial score (nSPS) is 13.6.